The van der Waals surface area contributed by atoms with E-state index in [1.165, 1.54) is 25.7 Å². The van der Waals surface area contributed by atoms with E-state index in [1.807, 2.05) is 6.92 Å². The zero-order chi connectivity index (χ0) is 14.8. The van der Waals surface area contributed by atoms with E-state index in [4.69, 9.17) is 11.6 Å². The molecule has 0 bridgehead atoms. The molecular weight excluding hydrogens is 286 g/mol. The number of hydrogen-bond donors (Lipinski definition) is 2. The summed E-state index contributed by atoms with van der Waals surface area (Å²) in [4.78, 5) is 16.6. The van der Waals surface area contributed by atoms with E-state index < -0.39 is 0 Å². The smallest absolute Gasteiger partial charge is 0.271 e. The van der Waals surface area contributed by atoms with Gasteiger partial charge >= 0.3 is 0 Å². The van der Waals surface area contributed by atoms with Crippen LogP contribution < -0.4 is 10.6 Å². The van der Waals surface area contributed by atoms with Gasteiger partial charge in [0.25, 0.3) is 5.91 Å². The number of carbonyl (C=O) groups excluding carboxylic acids is 1. The van der Waals surface area contributed by atoms with Crippen molar-refractivity contribution >= 4 is 23.3 Å². The Hall–Kier alpha value is -1.29. The van der Waals surface area contributed by atoms with Crippen molar-refractivity contribution in [2.75, 3.05) is 18.4 Å². The van der Waals surface area contributed by atoms with Gasteiger partial charge in [-0.3, -0.25) is 4.79 Å². The van der Waals surface area contributed by atoms with Gasteiger partial charge in [0.05, 0.1) is 5.02 Å². The number of amides is 1. The Kier molecular flexibility index (Phi) is 4.34. The summed E-state index contributed by atoms with van der Waals surface area (Å²) >= 11 is 6.11. The first-order valence-electron chi connectivity index (χ1n) is 7.87. The highest BCUT2D eigenvalue weighted by atomic mass is 35.5. The number of anilines is 1. The van der Waals surface area contributed by atoms with Gasteiger partial charge in [0.15, 0.2) is 0 Å². The van der Waals surface area contributed by atoms with Crippen LogP contribution in [-0.4, -0.2) is 24.0 Å². The summed E-state index contributed by atoms with van der Waals surface area (Å²) in [7, 11) is 0. The van der Waals surface area contributed by atoms with Gasteiger partial charge in [-0.05, 0) is 62.5 Å². The lowest BCUT2D eigenvalue weighted by molar-refractivity contribution is 0.0938. The second-order valence-electron chi connectivity index (χ2n) is 6.11. The molecule has 21 heavy (non-hydrogen) atoms. The molecule has 1 amide bonds. The molecule has 1 aromatic heterocycles. The van der Waals surface area contributed by atoms with Crippen molar-refractivity contribution < 1.29 is 4.79 Å². The summed E-state index contributed by atoms with van der Waals surface area (Å²) in [5.41, 5.74) is 0.320. The molecule has 0 saturated heterocycles. The molecule has 114 valence electrons. The Balaban J connectivity index is 1.62. The van der Waals surface area contributed by atoms with Crippen molar-refractivity contribution in [3.05, 3.63) is 22.8 Å². The molecule has 0 aromatic carbocycles. The molecule has 0 radical (unpaired) electrons. The van der Waals surface area contributed by atoms with Crippen molar-refractivity contribution in [1.29, 1.82) is 0 Å². The van der Waals surface area contributed by atoms with Crippen LogP contribution in [0.5, 0.6) is 0 Å². The third-order valence-electron chi connectivity index (χ3n) is 4.37. The number of carbonyl (C=O) groups is 1. The normalized spacial score (nSPS) is 17.9. The van der Waals surface area contributed by atoms with E-state index in [0.29, 0.717) is 22.5 Å². The highest BCUT2D eigenvalue weighted by Gasteiger charge is 2.41. The Labute approximate surface area is 130 Å². The SMILES string of the molecule is CCNc1ccc(Cl)c(C(=O)NCC(C2CC2)C2CC2)n1. The first-order chi connectivity index (χ1) is 10.2. The fourth-order valence-electron chi connectivity index (χ4n) is 2.94. The summed E-state index contributed by atoms with van der Waals surface area (Å²) in [6, 6.07) is 3.51. The molecule has 2 aliphatic carbocycles. The molecule has 3 rings (SSSR count). The lowest BCUT2D eigenvalue weighted by Crippen LogP contribution is -2.32. The van der Waals surface area contributed by atoms with Crippen LogP contribution in [0.2, 0.25) is 5.02 Å². The van der Waals surface area contributed by atoms with E-state index in [9.17, 15) is 4.79 Å². The lowest BCUT2D eigenvalue weighted by atomic mass is 9.98. The third-order valence-corrected chi connectivity index (χ3v) is 4.68. The highest BCUT2D eigenvalue weighted by molar-refractivity contribution is 6.33. The first-order valence-corrected chi connectivity index (χ1v) is 8.25. The van der Waals surface area contributed by atoms with Gasteiger partial charge in [-0.2, -0.15) is 0 Å². The largest absolute Gasteiger partial charge is 0.370 e. The van der Waals surface area contributed by atoms with Crippen molar-refractivity contribution in [2.45, 2.75) is 32.6 Å². The van der Waals surface area contributed by atoms with Gasteiger partial charge in [0.2, 0.25) is 0 Å². The minimum absolute atomic E-state index is 0.161. The fourth-order valence-corrected chi connectivity index (χ4v) is 3.13. The standard InChI is InChI=1S/C16H22ClN3O/c1-2-18-14-8-7-13(17)15(20-14)16(21)19-9-12(10-3-4-10)11-5-6-11/h7-8,10-12H,2-6,9H2,1H3,(H,18,20)(H,19,21). The van der Waals surface area contributed by atoms with Crippen LogP contribution in [0, 0.1) is 17.8 Å². The van der Waals surface area contributed by atoms with Crippen molar-refractivity contribution in [1.82, 2.24) is 10.3 Å². The quantitative estimate of drug-likeness (QED) is 0.812. The van der Waals surface area contributed by atoms with Crippen molar-refractivity contribution in [3.63, 3.8) is 0 Å². The second-order valence-corrected chi connectivity index (χ2v) is 6.51. The topological polar surface area (TPSA) is 54.0 Å². The van der Waals surface area contributed by atoms with Crippen molar-refractivity contribution in [2.24, 2.45) is 17.8 Å². The highest BCUT2D eigenvalue weighted by Crippen LogP contribution is 2.48. The molecule has 1 heterocycles. The van der Waals surface area contributed by atoms with Gasteiger partial charge in [0.1, 0.15) is 11.5 Å². The van der Waals surface area contributed by atoms with E-state index in [1.54, 1.807) is 12.1 Å². The average Bonchev–Trinajstić information content (AvgIpc) is 3.35. The molecule has 5 heteroatoms. The minimum Gasteiger partial charge on any atom is -0.370 e. The zero-order valence-electron chi connectivity index (χ0n) is 12.4. The molecular formula is C16H22ClN3O. The number of nitrogens with zero attached hydrogens (tertiary/aromatic N) is 1. The second kappa shape index (κ2) is 6.22. The van der Waals surface area contributed by atoms with Crippen LogP contribution in [0.3, 0.4) is 0 Å². The fraction of sp³-hybridized carbons (Fsp3) is 0.625. The number of hydrogen-bond acceptors (Lipinski definition) is 3. The lowest BCUT2D eigenvalue weighted by Gasteiger charge is -2.16. The Morgan fingerprint density at radius 1 is 1.33 bits per heavy atom. The van der Waals surface area contributed by atoms with Crippen LogP contribution >= 0.6 is 11.6 Å². The number of nitrogens with one attached hydrogen (secondary N) is 2. The summed E-state index contributed by atoms with van der Waals surface area (Å²) in [6.07, 6.45) is 5.30. The van der Waals surface area contributed by atoms with Gasteiger partial charge in [-0.25, -0.2) is 4.98 Å². The van der Waals surface area contributed by atoms with E-state index in [2.05, 4.69) is 15.6 Å². The molecule has 2 saturated carbocycles. The molecule has 0 aliphatic heterocycles. The monoisotopic (exact) mass is 307 g/mol. The molecule has 4 nitrogen and oxygen atoms in total. The Morgan fingerprint density at radius 2 is 2.00 bits per heavy atom. The predicted molar refractivity (Wildman–Crippen MR) is 84.7 cm³/mol. The van der Waals surface area contributed by atoms with Crippen LogP contribution in [0.4, 0.5) is 5.82 Å². The molecule has 0 atom stereocenters. The average molecular weight is 308 g/mol. The molecule has 1 aromatic rings. The van der Waals surface area contributed by atoms with Gasteiger partial charge < -0.3 is 10.6 Å². The van der Waals surface area contributed by atoms with Crippen LogP contribution in [-0.2, 0) is 0 Å². The third kappa shape index (κ3) is 3.67. The number of aromatic nitrogens is 1. The molecule has 2 fully saturated rings. The number of pyridine rings is 1. The van der Waals surface area contributed by atoms with Crippen LogP contribution in [0.25, 0.3) is 0 Å². The molecule has 2 aliphatic rings. The van der Waals surface area contributed by atoms with Gasteiger partial charge in [0, 0.05) is 13.1 Å². The predicted octanol–water partition coefficient (Wildman–Crippen LogP) is 3.33. The maximum atomic E-state index is 12.3. The number of rotatable bonds is 7. The summed E-state index contributed by atoms with van der Waals surface area (Å²) in [5.74, 6) is 2.84. The van der Waals surface area contributed by atoms with E-state index in [0.717, 1.165) is 24.9 Å². The minimum atomic E-state index is -0.161. The molecule has 2 N–H and O–H groups in total. The first kappa shape index (κ1) is 14.6. The van der Waals surface area contributed by atoms with Crippen LogP contribution in [0.1, 0.15) is 43.1 Å². The van der Waals surface area contributed by atoms with Gasteiger partial charge in [-0.1, -0.05) is 11.6 Å². The summed E-state index contributed by atoms with van der Waals surface area (Å²) in [5, 5.41) is 6.55. The van der Waals surface area contributed by atoms with Gasteiger partial charge in [-0.15, -0.1) is 0 Å². The zero-order valence-corrected chi connectivity index (χ0v) is 13.1. The number of halogens is 1. The van der Waals surface area contributed by atoms with Crippen LogP contribution in [0.15, 0.2) is 12.1 Å². The maximum Gasteiger partial charge on any atom is 0.271 e. The van der Waals surface area contributed by atoms with E-state index in [-0.39, 0.29) is 5.91 Å². The van der Waals surface area contributed by atoms with Crippen molar-refractivity contribution in [3.8, 4) is 0 Å². The van der Waals surface area contributed by atoms with E-state index >= 15 is 0 Å². The molecule has 0 unspecified atom stereocenters. The summed E-state index contributed by atoms with van der Waals surface area (Å²) < 4.78 is 0. The molecule has 0 spiro atoms. The Bertz CT molecular complexity index is 514. The Morgan fingerprint density at radius 3 is 2.57 bits per heavy atom. The summed E-state index contributed by atoms with van der Waals surface area (Å²) in [6.45, 7) is 3.52. The maximum absolute atomic E-state index is 12.3.